The maximum absolute atomic E-state index is 12.5. The summed E-state index contributed by atoms with van der Waals surface area (Å²) in [6.07, 6.45) is 10.7. The lowest BCUT2D eigenvalue weighted by Gasteiger charge is -2.21. The molecule has 8 nitrogen and oxygen atoms in total. The molecular formula is C25H36N4O4. The number of carbonyl (C=O) groups excluding carboxylic acids is 2. The van der Waals surface area contributed by atoms with Crippen LogP contribution in [0.1, 0.15) is 51.0 Å². The predicted octanol–water partition coefficient (Wildman–Crippen LogP) is 3.66. The molecule has 1 fully saturated rings. The molecule has 0 bridgehead atoms. The van der Waals surface area contributed by atoms with Gasteiger partial charge >= 0.3 is 0 Å². The minimum atomic E-state index is -0.113. The van der Waals surface area contributed by atoms with Crippen LogP contribution in [0, 0.1) is 0 Å². The summed E-state index contributed by atoms with van der Waals surface area (Å²) < 4.78 is 13.1. The summed E-state index contributed by atoms with van der Waals surface area (Å²) in [6.45, 7) is 3.53. The first-order valence-corrected chi connectivity index (χ1v) is 11.9. The fourth-order valence-corrected chi connectivity index (χ4v) is 3.79. The van der Waals surface area contributed by atoms with E-state index < -0.39 is 0 Å². The Morgan fingerprint density at radius 3 is 2.64 bits per heavy atom. The average Bonchev–Trinajstić information content (AvgIpc) is 3.26. The van der Waals surface area contributed by atoms with Gasteiger partial charge in [-0.2, -0.15) is 5.10 Å². The minimum Gasteiger partial charge on any atom is -0.492 e. The quantitative estimate of drug-likeness (QED) is 0.527. The first-order chi connectivity index (χ1) is 16.0. The highest BCUT2D eigenvalue weighted by molar-refractivity contribution is 5.90. The van der Waals surface area contributed by atoms with E-state index in [1.165, 1.54) is 29.5 Å². The van der Waals surface area contributed by atoms with Gasteiger partial charge in [0.1, 0.15) is 18.9 Å². The first kappa shape index (κ1) is 24.8. The number of aryl methyl sites for hydroxylation is 1. The first-order valence-electron chi connectivity index (χ1n) is 11.9. The van der Waals surface area contributed by atoms with Gasteiger partial charge < -0.3 is 19.7 Å². The van der Waals surface area contributed by atoms with Gasteiger partial charge in [-0.25, -0.2) is 0 Å². The molecule has 1 aromatic heterocycles. The molecule has 0 aliphatic heterocycles. The number of carbonyl (C=O) groups is 2. The molecule has 8 heteroatoms. The van der Waals surface area contributed by atoms with Crippen LogP contribution >= 0.6 is 0 Å². The molecule has 1 aliphatic carbocycles. The molecule has 0 atom stereocenters. The lowest BCUT2D eigenvalue weighted by Crippen LogP contribution is -2.33. The Morgan fingerprint density at radius 1 is 1.15 bits per heavy atom. The van der Waals surface area contributed by atoms with E-state index in [-0.39, 0.29) is 18.4 Å². The minimum absolute atomic E-state index is 0.0817. The van der Waals surface area contributed by atoms with E-state index in [1.54, 1.807) is 24.3 Å². The van der Waals surface area contributed by atoms with Crippen molar-refractivity contribution in [3.05, 3.63) is 42.2 Å². The maximum Gasteiger partial charge on any atom is 0.244 e. The van der Waals surface area contributed by atoms with Crippen LogP contribution in [0.4, 0.5) is 5.69 Å². The summed E-state index contributed by atoms with van der Waals surface area (Å²) in [5.74, 6) is 0.601. The van der Waals surface area contributed by atoms with Gasteiger partial charge in [0.05, 0.1) is 37.6 Å². The van der Waals surface area contributed by atoms with Crippen LogP contribution in [0.3, 0.4) is 0 Å². The van der Waals surface area contributed by atoms with Gasteiger partial charge in [0, 0.05) is 13.2 Å². The van der Waals surface area contributed by atoms with Gasteiger partial charge in [-0.05, 0) is 37.0 Å². The highest BCUT2D eigenvalue weighted by Crippen LogP contribution is 2.20. The zero-order valence-electron chi connectivity index (χ0n) is 19.8. The second-order valence-electron chi connectivity index (χ2n) is 8.52. The van der Waals surface area contributed by atoms with Gasteiger partial charge in [-0.3, -0.25) is 14.3 Å². The average molecular weight is 457 g/mol. The van der Waals surface area contributed by atoms with Crippen molar-refractivity contribution in [1.82, 2.24) is 14.7 Å². The summed E-state index contributed by atoms with van der Waals surface area (Å²) in [6, 6.07) is 7.98. The molecule has 0 unspecified atom stereocenters. The smallest absolute Gasteiger partial charge is 0.244 e. The van der Waals surface area contributed by atoms with E-state index in [9.17, 15) is 9.59 Å². The number of nitrogens with zero attached hydrogens (tertiary/aromatic N) is 3. The maximum atomic E-state index is 12.5. The van der Waals surface area contributed by atoms with Crippen molar-refractivity contribution in [1.29, 1.82) is 0 Å². The topological polar surface area (TPSA) is 85.7 Å². The van der Waals surface area contributed by atoms with Crippen LogP contribution in [-0.4, -0.2) is 59.4 Å². The summed E-state index contributed by atoms with van der Waals surface area (Å²) in [5, 5.41) is 7.00. The number of likely N-dealkylation sites (N-methyl/N-ethyl adjacent to an activating group) is 1. The predicted molar refractivity (Wildman–Crippen MR) is 127 cm³/mol. The summed E-state index contributed by atoms with van der Waals surface area (Å²) in [4.78, 5) is 26.2. The largest absolute Gasteiger partial charge is 0.492 e. The molecule has 0 radical (unpaired) electrons. The van der Waals surface area contributed by atoms with Crippen molar-refractivity contribution in [2.75, 3.05) is 32.1 Å². The van der Waals surface area contributed by atoms with E-state index in [1.807, 2.05) is 24.3 Å². The number of aromatic nitrogens is 2. The normalized spacial score (nSPS) is 14.1. The third-order valence-electron chi connectivity index (χ3n) is 5.90. The standard InChI is InChI=1S/C25H36N4O4/c1-3-20-9-11-23(12-10-20)33-16-14-28(2)25(31)19-29-18-21(17-26-29)27-24(30)13-15-32-22-7-5-4-6-8-22/h9-12,17-18,22H,3-8,13-16,19H2,1-2H3,(H,27,30). The van der Waals surface area contributed by atoms with Crippen LogP contribution in [0.2, 0.25) is 0 Å². The highest BCUT2D eigenvalue weighted by Gasteiger charge is 2.15. The van der Waals surface area contributed by atoms with Gasteiger partial charge in [-0.1, -0.05) is 38.3 Å². The molecule has 0 spiro atoms. The molecular weight excluding hydrogens is 420 g/mol. The Morgan fingerprint density at radius 2 is 1.91 bits per heavy atom. The van der Waals surface area contributed by atoms with Crippen LogP contribution in [0.15, 0.2) is 36.7 Å². The Bertz CT molecular complexity index is 875. The van der Waals surface area contributed by atoms with Crippen molar-refractivity contribution in [3.63, 3.8) is 0 Å². The Labute approximate surface area is 196 Å². The fourth-order valence-electron chi connectivity index (χ4n) is 3.79. The molecule has 33 heavy (non-hydrogen) atoms. The van der Waals surface area contributed by atoms with Crippen molar-refractivity contribution in [3.8, 4) is 5.75 Å². The van der Waals surface area contributed by atoms with Crippen LogP contribution in [-0.2, 0) is 27.3 Å². The number of benzene rings is 1. The van der Waals surface area contributed by atoms with E-state index in [0.29, 0.717) is 38.0 Å². The van der Waals surface area contributed by atoms with E-state index in [2.05, 4.69) is 17.3 Å². The van der Waals surface area contributed by atoms with E-state index in [0.717, 1.165) is 25.0 Å². The highest BCUT2D eigenvalue weighted by atomic mass is 16.5. The van der Waals surface area contributed by atoms with Crippen molar-refractivity contribution in [2.24, 2.45) is 0 Å². The zero-order valence-corrected chi connectivity index (χ0v) is 19.8. The Kier molecular flexibility index (Phi) is 9.75. The number of rotatable bonds is 12. The lowest BCUT2D eigenvalue weighted by atomic mass is 9.98. The second-order valence-corrected chi connectivity index (χ2v) is 8.52. The zero-order chi connectivity index (χ0) is 23.5. The monoisotopic (exact) mass is 456 g/mol. The van der Waals surface area contributed by atoms with E-state index >= 15 is 0 Å². The van der Waals surface area contributed by atoms with Gasteiger partial charge in [0.2, 0.25) is 11.8 Å². The van der Waals surface area contributed by atoms with Gasteiger partial charge in [0.25, 0.3) is 0 Å². The number of amides is 2. The molecule has 2 aromatic rings. The molecule has 2 amide bonds. The summed E-state index contributed by atoms with van der Waals surface area (Å²) in [7, 11) is 1.74. The lowest BCUT2D eigenvalue weighted by molar-refractivity contribution is -0.131. The summed E-state index contributed by atoms with van der Waals surface area (Å²) >= 11 is 0. The third-order valence-corrected chi connectivity index (χ3v) is 5.90. The third kappa shape index (κ3) is 8.53. The molecule has 1 heterocycles. The molecule has 3 rings (SSSR count). The number of nitrogens with one attached hydrogen (secondary N) is 1. The fraction of sp³-hybridized carbons (Fsp3) is 0.560. The van der Waals surface area contributed by atoms with Crippen LogP contribution in [0.5, 0.6) is 5.75 Å². The van der Waals surface area contributed by atoms with Crippen molar-refractivity contribution < 1.29 is 19.1 Å². The van der Waals surface area contributed by atoms with Gasteiger partial charge in [0.15, 0.2) is 0 Å². The van der Waals surface area contributed by atoms with Gasteiger partial charge in [-0.15, -0.1) is 0 Å². The number of hydrogen-bond acceptors (Lipinski definition) is 5. The number of ether oxygens (including phenoxy) is 2. The molecule has 0 saturated heterocycles. The molecule has 1 aromatic carbocycles. The van der Waals surface area contributed by atoms with Crippen molar-refractivity contribution >= 4 is 17.5 Å². The van der Waals surface area contributed by atoms with Crippen LogP contribution < -0.4 is 10.1 Å². The molecule has 1 N–H and O–H groups in total. The molecule has 1 saturated carbocycles. The van der Waals surface area contributed by atoms with E-state index in [4.69, 9.17) is 9.47 Å². The number of anilines is 1. The Balaban J connectivity index is 1.33. The van der Waals surface area contributed by atoms with Crippen LogP contribution in [0.25, 0.3) is 0 Å². The molecule has 180 valence electrons. The summed E-state index contributed by atoms with van der Waals surface area (Å²) in [5.41, 5.74) is 1.84. The second kappa shape index (κ2) is 13.0. The number of hydrogen-bond donors (Lipinski definition) is 1. The molecule has 1 aliphatic rings. The Hall–Kier alpha value is -2.87. The SMILES string of the molecule is CCc1ccc(OCCN(C)C(=O)Cn2cc(NC(=O)CCOC3CCCCC3)cn2)cc1. The van der Waals surface area contributed by atoms with Crippen molar-refractivity contribution in [2.45, 2.75) is 64.5 Å².